The van der Waals surface area contributed by atoms with E-state index in [9.17, 15) is 0 Å². The molecule has 0 aromatic heterocycles. The van der Waals surface area contributed by atoms with Crippen molar-refractivity contribution in [3.8, 4) is 0 Å². The molecule has 0 saturated heterocycles. The molecule has 0 N–H and O–H groups in total. The van der Waals surface area contributed by atoms with E-state index in [0.29, 0.717) is 0 Å². The third-order valence-corrected chi connectivity index (χ3v) is 10.8. The van der Waals surface area contributed by atoms with Gasteiger partial charge in [0.15, 0.2) is 0 Å². The van der Waals surface area contributed by atoms with Crippen LogP contribution in [0.4, 0.5) is 0 Å². The molecule has 0 spiro atoms. The fourth-order valence-electron chi connectivity index (χ4n) is 8.63. The van der Waals surface area contributed by atoms with Gasteiger partial charge in [-0.05, 0) is 77.3 Å². The van der Waals surface area contributed by atoms with Gasteiger partial charge in [0.25, 0.3) is 0 Å². The molecule has 4 aliphatic carbocycles. The number of rotatable bonds is 15. The van der Waals surface area contributed by atoms with Crippen LogP contribution >= 0.6 is 0 Å². The summed E-state index contributed by atoms with van der Waals surface area (Å²) in [5.41, 5.74) is 0. The van der Waals surface area contributed by atoms with Crippen molar-refractivity contribution < 1.29 is 0 Å². The number of hydrogen-bond acceptors (Lipinski definition) is 2. The zero-order chi connectivity index (χ0) is 24.7. The number of nitrogens with zero attached hydrogens (tertiary/aromatic N) is 2. The molecule has 4 saturated carbocycles. The predicted molar refractivity (Wildman–Crippen MR) is 158 cm³/mol. The third-order valence-electron chi connectivity index (χ3n) is 10.8. The molecule has 0 heterocycles. The molecule has 4 rings (SSSR count). The van der Waals surface area contributed by atoms with Crippen LogP contribution in [0.25, 0.3) is 0 Å². The zero-order valence-electron chi connectivity index (χ0n) is 24.4. The summed E-state index contributed by atoms with van der Waals surface area (Å²) in [4.78, 5) is 6.06. The molecule has 4 aliphatic rings. The summed E-state index contributed by atoms with van der Waals surface area (Å²) in [5, 5.41) is 0. The Morgan fingerprint density at radius 1 is 0.278 bits per heavy atom. The van der Waals surface area contributed by atoms with Gasteiger partial charge in [0.1, 0.15) is 0 Å². The van der Waals surface area contributed by atoms with Crippen LogP contribution in [0.5, 0.6) is 0 Å². The summed E-state index contributed by atoms with van der Waals surface area (Å²) in [6, 6.07) is 3.74. The average molecular weight is 501 g/mol. The minimum atomic E-state index is 0.934. The summed E-state index contributed by atoms with van der Waals surface area (Å²) in [6.45, 7) is 2.82. The van der Waals surface area contributed by atoms with E-state index < -0.39 is 0 Å². The van der Waals surface area contributed by atoms with Crippen LogP contribution < -0.4 is 0 Å². The van der Waals surface area contributed by atoms with Crippen molar-refractivity contribution in [2.75, 3.05) is 13.1 Å². The molecule has 4 fully saturated rings. The second kappa shape index (κ2) is 17.5. The number of unbranched alkanes of at least 4 members (excludes halogenated alkanes) is 7. The smallest absolute Gasteiger partial charge is 0.00981 e. The van der Waals surface area contributed by atoms with Crippen LogP contribution in [0.15, 0.2) is 0 Å². The zero-order valence-corrected chi connectivity index (χ0v) is 24.4. The first-order valence-electron chi connectivity index (χ1n) is 17.4. The molecule has 210 valence electrons. The van der Waals surface area contributed by atoms with E-state index in [2.05, 4.69) is 9.80 Å². The second-order valence-electron chi connectivity index (χ2n) is 13.5. The Morgan fingerprint density at radius 3 is 0.750 bits per heavy atom. The SMILES string of the molecule is C(CCCCCN(C1CCCCC1)C1CCCCC1)CCCCN(C1CCCCC1)C1CCCCC1. The van der Waals surface area contributed by atoms with E-state index in [1.54, 1.807) is 0 Å². The first-order chi connectivity index (χ1) is 17.9. The number of hydrogen-bond donors (Lipinski definition) is 0. The van der Waals surface area contributed by atoms with Crippen molar-refractivity contribution >= 4 is 0 Å². The highest BCUT2D eigenvalue weighted by Crippen LogP contribution is 2.32. The molecular weight excluding hydrogens is 436 g/mol. The van der Waals surface area contributed by atoms with Crippen LogP contribution in [-0.2, 0) is 0 Å². The van der Waals surface area contributed by atoms with E-state index in [0.717, 1.165) is 24.2 Å². The normalized spacial score (nSPS) is 24.2. The van der Waals surface area contributed by atoms with Crippen molar-refractivity contribution in [3.63, 3.8) is 0 Å². The van der Waals surface area contributed by atoms with Crippen molar-refractivity contribution in [1.82, 2.24) is 9.80 Å². The molecule has 0 aliphatic heterocycles. The standard InChI is InChI=1S/C34H64N2/c1(3-5-19-29-35(31-21-11-7-12-22-31)32-23-13-8-14-24-32)2-4-6-20-30-36(33-25-15-9-16-26-33)34-27-17-10-18-28-34/h31-34H,1-30H2. The van der Waals surface area contributed by atoms with Gasteiger partial charge in [-0.15, -0.1) is 0 Å². The second-order valence-corrected chi connectivity index (χ2v) is 13.5. The van der Waals surface area contributed by atoms with Gasteiger partial charge >= 0.3 is 0 Å². The maximum Gasteiger partial charge on any atom is 0.00981 e. The molecule has 0 aromatic carbocycles. The molecular formula is C34H64N2. The van der Waals surface area contributed by atoms with Gasteiger partial charge in [-0.3, -0.25) is 9.80 Å². The van der Waals surface area contributed by atoms with Gasteiger partial charge in [0.05, 0.1) is 0 Å². The van der Waals surface area contributed by atoms with Gasteiger partial charge in [-0.2, -0.15) is 0 Å². The van der Waals surface area contributed by atoms with E-state index in [4.69, 9.17) is 0 Å². The van der Waals surface area contributed by atoms with Gasteiger partial charge in [0.2, 0.25) is 0 Å². The average Bonchev–Trinajstić information content (AvgIpc) is 2.96. The fraction of sp³-hybridized carbons (Fsp3) is 1.00. The lowest BCUT2D eigenvalue weighted by molar-refractivity contribution is 0.0784. The van der Waals surface area contributed by atoms with Gasteiger partial charge in [-0.25, -0.2) is 0 Å². The largest absolute Gasteiger partial charge is 0.297 e. The topological polar surface area (TPSA) is 6.48 Å². The van der Waals surface area contributed by atoms with Crippen molar-refractivity contribution in [2.45, 2.75) is 204 Å². The monoisotopic (exact) mass is 501 g/mol. The molecule has 36 heavy (non-hydrogen) atoms. The van der Waals surface area contributed by atoms with Crippen LogP contribution in [0.3, 0.4) is 0 Å². The molecule has 0 atom stereocenters. The maximum absolute atomic E-state index is 3.03. The van der Waals surface area contributed by atoms with Crippen molar-refractivity contribution in [2.24, 2.45) is 0 Å². The van der Waals surface area contributed by atoms with Crippen LogP contribution in [0.1, 0.15) is 180 Å². The molecule has 2 heteroatoms. The predicted octanol–water partition coefficient (Wildman–Crippen LogP) is 10.0. The van der Waals surface area contributed by atoms with E-state index in [-0.39, 0.29) is 0 Å². The Hall–Kier alpha value is -0.0800. The van der Waals surface area contributed by atoms with Crippen LogP contribution in [0, 0.1) is 0 Å². The van der Waals surface area contributed by atoms with E-state index >= 15 is 0 Å². The minimum Gasteiger partial charge on any atom is -0.297 e. The molecule has 2 nitrogen and oxygen atoms in total. The first kappa shape index (κ1) is 28.9. The molecule has 0 radical (unpaired) electrons. The van der Waals surface area contributed by atoms with Gasteiger partial charge in [-0.1, -0.05) is 116 Å². The summed E-state index contributed by atoms with van der Waals surface area (Å²) >= 11 is 0. The van der Waals surface area contributed by atoms with Gasteiger partial charge in [0, 0.05) is 24.2 Å². The molecule has 0 amide bonds. The molecule has 0 unspecified atom stereocenters. The quantitative estimate of drug-likeness (QED) is 0.206. The van der Waals surface area contributed by atoms with E-state index in [1.807, 2.05) is 0 Å². The minimum absolute atomic E-state index is 0.934. The Kier molecular flexibility index (Phi) is 14.1. The molecule has 0 bridgehead atoms. The van der Waals surface area contributed by atoms with E-state index in [1.165, 1.54) is 193 Å². The Bertz CT molecular complexity index is 439. The summed E-state index contributed by atoms with van der Waals surface area (Å²) in [5.74, 6) is 0. The van der Waals surface area contributed by atoms with Crippen LogP contribution in [-0.4, -0.2) is 47.1 Å². The van der Waals surface area contributed by atoms with Crippen molar-refractivity contribution in [1.29, 1.82) is 0 Å². The lowest BCUT2D eigenvalue weighted by Gasteiger charge is -2.42. The highest BCUT2D eigenvalue weighted by atomic mass is 15.2. The highest BCUT2D eigenvalue weighted by Gasteiger charge is 2.29. The first-order valence-corrected chi connectivity index (χ1v) is 17.4. The van der Waals surface area contributed by atoms with Crippen molar-refractivity contribution in [3.05, 3.63) is 0 Å². The summed E-state index contributed by atoms with van der Waals surface area (Å²) in [7, 11) is 0. The maximum atomic E-state index is 3.03. The van der Waals surface area contributed by atoms with Gasteiger partial charge < -0.3 is 0 Å². The third kappa shape index (κ3) is 9.91. The molecule has 0 aromatic rings. The lowest BCUT2D eigenvalue weighted by atomic mass is 9.88. The Balaban J connectivity index is 1.05. The summed E-state index contributed by atoms with van der Waals surface area (Å²) in [6.07, 6.45) is 41.7. The van der Waals surface area contributed by atoms with Crippen LogP contribution in [0.2, 0.25) is 0 Å². The summed E-state index contributed by atoms with van der Waals surface area (Å²) < 4.78 is 0. The highest BCUT2D eigenvalue weighted by molar-refractivity contribution is 4.85. The fourth-order valence-corrected chi connectivity index (χ4v) is 8.63. The Labute approximate surface area is 226 Å². The Morgan fingerprint density at radius 2 is 0.500 bits per heavy atom. The lowest BCUT2D eigenvalue weighted by Crippen LogP contribution is -2.45.